The average Bonchev–Trinajstić information content (AvgIpc) is 2.18. The van der Waals surface area contributed by atoms with Crippen LogP contribution in [0.4, 0.5) is 5.69 Å². The number of benzene rings is 1. The molecule has 0 saturated carbocycles. The van der Waals surface area contributed by atoms with Gasteiger partial charge in [0.1, 0.15) is 0 Å². The summed E-state index contributed by atoms with van der Waals surface area (Å²) < 4.78 is 5.85. The maximum atomic E-state index is 5.85. The minimum atomic E-state index is -0.219. The standard InChI is InChI=1S/C13H21NO/c1-4-5-10-15-13(2,3)11-6-8-12(14)9-7-11/h6-9H,4-5,10,14H2,1-3H3. The predicted octanol–water partition coefficient (Wildman–Crippen LogP) is 3.32. The number of nitrogen functional groups attached to an aromatic ring is 1. The topological polar surface area (TPSA) is 35.2 Å². The second-order valence-corrected chi connectivity index (χ2v) is 4.33. The van der Waals surface area contributed by atoms with Gasteiger partial charge in [-0.3, -0.25) is 0 Å². The van der Waals surface area contributed by atoms with Gasteiger partial charge in [-0.2, -0.15) is 0 Å². The van der Waals surface area contributed by atoms with Crippen molar-refractivity contribution < 1.29 is 4.74 Å². The van der Waals surface area contributed by atoms with Gasteiger partial charge in [0, 0.05) is 12.3 Å². The predicted molar refractivity (Wildman–Crippen MR) is 64.7 cm³/mol. The Morgan fingerprint density at radius 2 is 1.80 bits per heavy atom. The van der Waals surface area contributed by atoms with Crippen molar-refractivity contribution in [1.29, 1.82) is 0 Å². The number of hydrogen-bond donors (Lipinski definition) is 1. The van der Waals surface area contributed by atoms with E-state index in [1.54, 1.807) is 0 Å². The van der Waals surface area contributed by atoms with E-state index in [9.17, 15) is 0 Å². The largest absolute Gasteiger partial charge is 0.399 e. The van der Waals surface area contributed by atoms with Crippen LogP contribution in [0.2, 0.25) is 0 Å². The Bertz CT molecular complexity index is 290. The Morgan fingerprint density at radius 3 is 2.33 bits per heavy atom. The number of unbranched alkanes of at least 4 members (excludes halogenated alkanes) is 1. The molecule has 0 bridgehead atoms. The fourth-order valence-electron chi connectivity index (χ4n) is 1.44. The molecule has 1 rings (SSSR count). The average molecular weight is 207 g/mol. The van der Waals surface area contributed by atoms with Crippen molar-refractivity contribution in [2.75, 3.05) is 12.3 Å². The van der Waals surface area contributed by atoms with Crippen LogP contribution < -0.4 is 5.73 Å². The van der Waals surface area contributed by atoms with E-state index < -0.39 is 0 Å². The molecule has 0 spiro atoms. The molecule has 1 aromatic carbocycles. The monoisotopic (exact) mass is 207 g/mol. The highest BCUT2D eigenvalue weighted by atomic mass is 16.5. The van der Waals surface area contributed by atoms with Crippen molar-refractivity contribution in [3.05, 3.63) is 29.8 Å². The van der Waals surface area contributed by atoms with Crippen LogP contribution in [0, 0.1) is 0 Å². The second kappa shape index (κ2) is 5.17. The fraction of sp³-hybridized carbons (Fsp3) is 0.538. The summed E-state index contributed by atoms with van der Waals surface area (Å²) in [5.74, 6) is 0. The van der Waals surface area contributed by atoms with Gasteiger partial charge in [-0.15, -0.1) is 0 Å². The highest BCUT2D eigenvalue weighted by Gasteiger charge is 2.20. The molecule has 0 aromatic heterocycles. The third-order valence-corrected chi connectivity index (χ3v) is 2.57. The number of nitrogens with two attached hydrogens (primary N) is 1. The summed E-state index contributed by atoms with van der Waals surface area (Å²) in [5.41, 5.74) is 7.40. The van der Waals surface area contributed by atoms with Crippen molar-refractivity contribution >= 4 is 5.69 Å². The summed E-state index contributed by atoms with van der Waals surface area (Å²) in [5, 5.41) is 0. The van der Waals surface area contributed by atoms with Crippen molar-refractivity contribution in [2.24, 2.45) is 0 Å². The normalized spacial score (nSPS) is 11.7. The molecule has 0 aliphatic heterocycles. The molecule has 2 heteroatoms. The van der Waals surface area contributed by atoms with Gasteiger partial charge in [-0.05, 0) is 38.0 Å². The van der Waals surface area contributed by atoms with Crippen molar-refractivity contribution in [2.45, 2.75) is 39.2 Å². The molecule has 2 nitrogen and oxygen atoms in total. The lowest BCUT2D eigenvalue weighted by Gasteiger charge is -2.26. The zero-order valence-corrected chi connectivity index (χ0v) is 9.92. The van der Waals surface area contributed by atoms with Gasteiger partial charge in [0.05, 0.1) is 5.60 Å². The van der Waals surface area contributed by atoms with E-state index in [0.29, 0.717) is 0 Å². The van der Waals surface area contributed by atoms with E-state index in [1.165, 1.54) is 5.56 Å². The van der Waals surface area contributed by atoms with Crippen LogP contribution >= 0.6 is 0 Å². The van der Waals surface area contributed by atoms with E-state index in [0.717, 1.165) is 25.1 Å². The van der Waals surface area contributed by atoms with Gasteiger partial charge in [0.2, 0.25) is 0 Å². The lowest BCUT2D eigenvalue weighted by atomic mass is 9.98. The first-order chi connectivity index (χ1) is 7.06. The van der Waals surface area contributed by atoms with E-state index in [-0.39, 0.29) is 5.60 Å². The fourth-order valence-corrected chi connectivity index (χ4v) is 1.44. The SMILES string of the molecule is CCCCOC(C)(C)c1ccc(N)cc1. The zero-order valence-electron chi connectivity index (χ0n) is 9.92. The van der Waals surface area contributed by atoms with Gasteiger partial charge < -0.3 is 10.5 Å². The molecular weight excluding hydrogens is 186 g/mol. The van der Waals surface area contributed by atoms with Crippen LogP contribution in [0.25, 0.3) is 0 Å². The van der Waals surface area contributed by atoms with Gasteiger partial charge in [0.25, 0.3) is 0 Å². The maximum Gasteiger partial charge on any atom is 0.0875 e. The van der Waals surface area contributed by atoms with Gasteiger partial charge >= 0.3 is 0 Å². The Kier molecular flexibility index (Phi) is 4.15. The summed E-state index contributed by atoms with van der Waals surface area (Å²) in [6, 6.07) is 7.89. The Morgan fingerprint density at radius 1 is 1.20 bits per heavy atom. The Hall–Kier alpha value is -1.02. The van der Waals surface area contributed by atoms with Crippen LogP contribution in [-0.2, 0) is 10.3 Å². The number of ether oxygens (including phenoxy) is 1. The molecule has 0 amide bonds. The minimum absolute atomic E-state index is 0.219. The molecule has 0 unspecified atom stereocenters. The van der Waals surface area contributed by atoms with Crippen molar-refractivity contribution in [1.82, 2.24) is 0 Å². The zero-order chi connectivity index (χ0) is 11.3. The number of rotatable bonds is 5. The van der Waals surface area contributed by atoms with E-state index >= 15 is 0 Å². The Labute approximate surface area is 92.4 Å². The van der Waals surface area contributed by atoms with E-state index in [4.69, 9.17) is 10.5 Å². The first kappa shape index (κ1) is 12.1. The van der Waals surface area contributed by atoms with Crippen LogP contribution in [-0.4, -0.2) is 6.61 Å². The molecular formula is C13H21NO. The van der Waals surface area contributed by atoms with Crippen molar-refractivity contribution in [3.63, 3.8) is 0 Å². The highest BCUT2D eigenvalue weighted by Crippen LogP contribution is 2.25. The third-order valence-electron chi connectivity index (χ3n) is 2.57. The van der Waals surface area contributed by atoms with Crippen LogP contribution in [0.1, 0.15) is 39.2 Å². The molecule has 1 aromatic rings. The highest BCUT2D eigenvalue weighted by molar-refractivity contribution is 5.40. The smallest absolute Gasteiger partial charge is 0.0875 e. The molecule has 2 N–H and O–H groups in total. The van der Waals surface area contributed by atoms with Crippen LogP contribution in [0.5, 0.6) is 0 Å². The summed E-state index contributed by atoms with van der Waals surface area (Å²) in [4.78, 5) is 0. The van der Waals surface area contributed by atoms with Crippen LogP contribution in [0.15, 0.2) is 24.3 Å². The molecule has 84 valence electrons. The molecule has 15 heavy (non-hydrogen) atoms. The number of hydrogen-bond acceptors (Lipinski definition) is 2. The molecule has 0 radical (unpaired) electrons. The quantitative estimate of drug-likeness (QED) is 0.594. The molecule has 0 atom stereocenters. The van der Waals surface area contributed by atoms with Crippen LogP contribution in [0.3, 0.4) is 0 Å². The summed E-state index contributed by atoms with van der Waals surface area (Å²) in [6.45, 7) is 7.16. The molecule has 0 heterocycles. The Balaban J connectivity index is 2.63. The molecule has 0 aliphatic carbocycles. The first-order valence-corrected chi connectivity index (χ1v) is 5.56. The summed E-state index contributed by atoms with van der Waals surface area (Å²) >= 11 is 0. The van der Waals surface area contributed by atoms with Crippen molar-refractivity contribution in [3.8, 4) is 0 Å². The third kappa shape index (κ3) is 3.56. The minimum Gasteiger partial charge on any atom is -0.399 e. The summed E-state index contributed by atoms with van der Waals surface area (Å²) in [7, 11) is 0. The molecule has 0 fully saturated rings. The molecule has 0 saturated heterocycles. The number of anilines is 1. The van der Waals surface area contributed by atoms with Gasteiger partial charge in [-0.25, -0.2) is 0 Å². The summed E-state index contributed by atoms with van der Waals surface area (Å²) in [6.07, 6.45) is 2.27. The van der Waals surface area contributed by atoms with E-state index in [2.05, 4.69) is 20.8 Å². The lowest BCUT2D eigenvalue weighted by Crippen LogP contribution is -2.22. The lowest BCUT2D eigenvalue weighted by molar-refractivity contribution is -0.0229. The molecule has 0 aliphatic rings. The van der Waals surface area contributed by atoms with Gasteiger partial charge in [-0.1, -0.05) is 25.5 Å². The maximum absolute atomic E-state index is 5.85. The van der Waals surface area contributed by atoms with E-state index in [1.807, 2.05) is 24.3 Å². The van der Waals surface area contributed by atoms with Gasteiger partial charge in [0.15, 0.2) is 0 Å². The first-order valence-electron chi connectivity index (χ1n) is 5.56. The second-order valence-electron chi connectivity index (χ2n) is 4.33.